The number of hydrogen-bond acceptors (Lipinski definition) is 4. The summed E-state index contributed by atoms with van der Waals surface area (Å²) < 4.78 is 0. The summed E-state index contributed by atoms with van der Waals surface area (Å²) in [5.41, 5.74) is 0. The normalized spacial score (nSPS) is 14.3. The molecule has 2 atom stereocenters. The van der Waals surface area contributed by atoms with Gasteiger partial charge in [0.25, 0.3) is 0 Å². The second kappa shape index (κ2) is 7.02. The van der Waals surface area contributed by atoms with E-state index >= 15 is 0 Å². The quantitative estimate of drug-likeness (QED) is 0.456. The van der Waals surface area contributed by atoms with Crippen LogP contribution in [0.15, 0.2) is 0 Å². The zero-order valence-electron chi connectivity index (χ0n) is 9.73. The first-order chi connectivity index (χ1) is 7.38. The van der Waals surface area contributed by atoms with E-state index in [-0.39, 0.29) is 6.04 Å². The molecule has 0 aromatic heterocycles. The number of nitrogens with zero attached hydrogens (tertiary/aromatic N) is 1. The lowest BCUT2D eigenvalue weighted by molar-refractivity contribution is -0.140. The fourth-order valence-electron chi connectivity index (χ4n) is 0.818. The maximum absolute atomic E-state index is 11.2. The number of nitrogens with one attached hydrogen (secondary N) is 2. The van der Waals surface area contributed by atoms with Crippen molar-refractivity contribution < 1.29 is 19.8 Å². The number of aliphatic carboxylic acids is 1. The molecule has 0 bridgehead atoms. The van der Waals surface area contributed by atoms with Crippen molar-refractivity contribution in [2.75, 3.05) is 27.2 Å². The first-order valence-corrected chi connectivity index (χ1v) is 4.93. The highest BCUT2D eigenvalue weighted by Gasteiger charge is 2.18. The molecule has 0 saturated carbocycles. The average molecular weight is 233 g/mol. The largest absolute Gasteiger partial charge is 0.480 e. The Kier molecular flexibility index (Phi) is 6.43. The van der Waals surface area contributed by atoms with Crippen molar-refractivity contribution in [1.29, 1.82) is 0 Å². The molecule has 2 amide bonds. The zero-order valence-corrected chi connectivity index (χ0v) is 9.73. The number of carboxylic acids is 1. The van der Waals surface area contributed by atoms with Gasteiger partial charge in [-0.3, -0.25) is 0 Å². The summed E-state index contributed by atoms with van der Waals surface area (Å²) in [6, 6.07) is -1.73. The standard InChI is InChI=1S/C9H19N3O4/c1-6(12(2)3)4-10-9(16)11-7(5-13)8(14)15/h6-7,13H,4-5H2,1-3H3,(H,14,15)(H2,10,11,16)/t6?,7-/m0/s1. The van der Waals surface area contributed by atoms with Gasteiger partial charge in [-0.25, -0.2) is 9.59 Å². The van der Waals surface area contributed by atoms with Crippen molar-refractivity contribution in [3.8, 4) is 0 Å². The maximum atomic E-state index is 11.2. The third-order valence-electron chi connectivity index (χ3n) is 2.23. The van der Waals surface area contributed by atoms with Gasteiger partial charge < -0.3 is 25.7 Å². The van der Waals surface area contributed by atoms with E-state index < -0.39 is 24.6 Å². The van der Waals surface area contributed by atoms with Gasteiger partial charge >= 0.3 is 12.0 Å². The van der Waals surface area contributed by atoms with Gasteiger partial charge in [0.15, 0.2) is 6.04 Å². The Bertz CT molecular complexity index is 245. The van der Waals surface area contributed by atoms with Gasteiger partial charge in [-0.15, -0.1) is 0 Å². The van der Waals surface area contributed by atoms with E-state index in [0.29, 0.717) is 6.54 Å². The average Bonchev–Trinajstić information content (AvgIpc) is 2.21. The summed E-state index contributed by atoms with van der Waals surface area (Å²) in [5.74, 6) is -1.27. The van der Waals surface area contributed by atoms with Crippen LogP contribution in [0.4, 0.5) is 4.79 Å². The van der Waals surface area contributed by atoms with Crippen LogP contribution in [-0.4, -0.2) is 66.4 Å². The third kappa shape index (κ3) is 5.52. The molecule has 0 rings (SSSR count). The molecule has 0 spiro atoms. The van der Waals surface area contributed by atoms with Gasteiger partial charge in [-0.05, 0) is 21.0 Å². The minimum Gasteiger partial charge on any atom is -0.480 e. The van der Waals surface area contributed by atoms with Crippen LogP contribution in [0.3, 0.4) is 0 Å². The second-order valence-electron chi connectivity index (χ2n) is 3.74. The minimum atomic E-state index is -1.27. The van der Waals surface area contributed by atoms with Gasteiger partial charge in [0.1, 0.15) is 0 Å². The summed E-state index contributed by atoms with van der Waals surface area (Å²) >= 11 is 0. The van der Waals surface area contributed by atoms with Crippen LogP contribution >= 0.6 is 0 Å². The SMILES string of the molecule is CC(CNC(=O)N[C@@H](CO)C(=O)O)N(C)C. The smallest absolute Gasteiger partial charge is 0.328 e. The predicted octanol–water partition coefficient (Wildman–Crippen LogP) is -1.32. The lowest BCUT2D eigenvalue weighted by Crippen LogP contribution is -2.50. The van der Waals surface area contributed by atoms with E-state index in [1.165, 1.54) is 0 Å². The molecule has 0 aliphatic carbocycles. The van der Waals surface area contributed by atoms with E-state index in [0.717, 1.165) is 0 Å². The monoisotopic (exact) mass is 233 g/mol. The first-order valence-electron chi connectivity index (χ1n) is 4.93. The van der Waals surface area contributed by atoms with Gasteiger partial charge in [-0.2, -0.15) is 0 Å². The van der Waals surface area contributed by atoms with Gasteiger partial charge in [0.05, 0.1) is 6.61 Å². The highest BCUT2D eigenvalue weighted by molar-refractivity contribution is 5.82. The van der Waals surface area contributed by atoms with Crippen LogP contribution < -0.4 is 10.6 Å². The lowest BCUT2D eigenvalue weighted by atomic mass is 10.3. The summed E-state index contributed by atoms with van der Waals surface area (Å²) in [6.07, 6.45) is 0. The molecule has 0 fully saturated rings. The van der Waals surface area contributed by atoms with Gasteiger partial charge in [-0.1, -0.05) is 0 Å². The van der Waals surface area contributed by atoms with Crippen molar-refractivity contribution in [2.45, 2.75) is 19.0 Å². The highest BCUT2D eigenvalue weighted by atomic mass is 16.4. The highest BCUT2D eigenvalue weighted by Crippen LogP contribution is 1.88. The Morgan fingerprint density at radius 3 is 2.31 bits per heavy atom. The zero-order chi connectivity index (χ0) is 12.7. The van der Waals surface area contributed by atoms with Gasteiger partial charge in [0.2, 0.25) is 0 Å². The molecule has 0 aliphatic rings. The van der Waals surface area contributed by atoms with Crippen LogP contribution in [0.2, 0.25) is 0 Å². The number of rotatable bonds is 6. The molecule has 4 N–H and O–H groups in total. The van der Waals surface area contributed by atoms with E-state index in [2.05, 4.69) is 10.6 Å². The Balaban J connectivity index is 3.94. The number of amides is 2. The van der Waals surface area contributed by atoms with Crippen LogP contribution in [-0.2, 0) is 4.79 Å². The van der Waals surface area contributed by atoms with E-state index in [1.807, 2.05) is 25.9 Å². The number of aliphatic hydroxyl groups is 1. The van der Waals surface area contributed by atoms with Gasteiger partial charge in [0, 0.05) is 12.6 Å². The molecule has 0 aliphatic heterocycles. The summed E-state index contributed by atoms with van der Waals surface area (Å²) in [6.45, 7) is 1.68. The molecular weight excluding hydrogens is 214 g/mol. The van der Waals surface area contributed by atoms with Crippen molar-refractivity contribution in [3.05, 3.63) is 0 Å². The number of likely N-dealkylation sites (N-methyl/N-ethyl adjacent to an activating group) is 1. The minimum absolute atomic E-state index is 0.142. The Labute approximate surface area is 94.4 Å². The number of carbonyl (C=O) groups is 2. The van der Waals surface area contributed by atoms with Crippen LogP contribution in [0.5, 0.6) is 0 Å². The number of carbonyl (C=O) groups excluding carboxylic acids is 1. The number of aliphatic hydroxyl groups excluding tert-OH is 1. The molecule has 7 nitrogen and oxygen atoms in total. The number of carboxylic acid groups (broad SMARTS) is 1. The molecule has 94 valence electrons. The first kappa shape index (κ1) is 14.7. The number of hydrogen-bond donors (Lipinski definition) is 4. The summed E-state index contributed by atoms with van der Waals surface area (Å²) in [7, 11) is 3.75. The fourth-order valence-corrected chi connectivity index (χ4v) is 0.818. The van der Waals surface area contributed by atoms with E-state index in [4.69, 9.17) is 10.2 Å². The Morgan fingerprint density at radius 2 is 1.94 bits per heavy atom. The Morgan fingerprint density at radius 1 is 1.38 bits per heavy atom. The molecule has 0 aromatic carbocycles. The van der Waals surface area contributed by atoms with Crippen molar-refractivity contribution >= 4 is 12.0 Å². The van der Waals surface area contributed by atoms with Crippen molar-refractivity contribution in [1.82, 2.24) is 15.5 Å². The third-order valence-corrected chi connectivity index (χ3v) is 2.23. The summed E-state index contributed by atoms with van der Waals surface area (Å²) in [5, 5.41) is 21.9. The molecule has 0 heterocycles. The van der Waals surface area contributed by atoms with Crippen molar-refractivity contribution in [3.63, 3.8) is 0 Å². The number of urea groups is 1. The predicted molar refractivity (Wildman–Crippen MR) is 58.2 cm³/mol. The lowest BCUT2D eigenvalue weighted by Gasteiger charge is -2.20. The molecular formula is C9H19N3O4. The molecule has 1 unspecified atom stereocenters. The molecule has 0 saturated heterocycles. The van der Waals surface area contributed by atoms with Crippen LogP contribution in [0, 0.1) is 0 Å². The van der Waals surface area contributed by atoms with Crippen LogP contribution in [0.25, 0.3) is 0 Å². The Hall–Kier alpha value is -1.34. The molecule has 16 heavy (non-hydrogen) atoms. The molecule has 0 radical (unpaired) electrons. The molecule has 0 aromatic rings. The van der Waals surface area contributed by atoms with E-state index in [1.54, 1.807) is 0 Å². The summed E-state index contributed by atoms with van der Waals surface area (Å²) in [4.78, 5) is 23.6. The van der Waals surface area contributed by atoms with Crippen molar-refractivity contribution in [2.24, 2.45) is 0 Å². The topological polar surface area (TPSA) is 102 Å². The second-order valence-corrected chi connectivity index (χ2v) is 3.74. The molecule has 7 heteroatoms. The van der Waals surface area contributed by atoms with Crippen LogP contribution in [0.1, 0.15) is 6.92 Å². The van der Waals surface area contributed by atoms with E-state index in [9.17, 15) is 9.59 Å². The maximum Gasteiger partial charge on any atom is 0.328 e. The fraction of sp³-hybridized carbons (Fsp3) is 0.778.